The topological polar surface area (TPSA) is 21.3 Å². The lowest BCUT2D eigenvalue weighted by atomic mass is 9.94. The maximum atomic E-state index is 5.30. The Morgan fingerprint density at radius 1 is 1.05 bits per heavy atom. The summed E-state index contributed by atoms with van der Waals surface area (Å²) in [7, 11) is 1.70. The summed E-state index contributed by atoms with van der Waals surface area (Å²) in [4.78, 5) is 0. The summed E-state index contributed by atoms with van der Waals surface area (Å²) in [6, 6.07) is 7.23. The zero-order valence-electron chi connectivity index (χ0n) is 14.2. The molecule has 0 bridgehead atoms. The van der Waals surface area contributed by atoms with Crippen molar-refractivity contribution in [2.24, 2.45) is 11.8 Å². The van der Waals surface area contributed by atoms with Gasteiger partial charge < -0.3 is 10.1 Å². The van der Waals surface area contributed by atoms with E-state index in [0.717, 1.165) is 22.1 Å². The average molecular weight is 356 g/mol. The molecule has 0 amide bonds. The van der Waals surface area contributed by atoms with Crippen LogP contribution in [0, 0.1) is 11.8 Å². The van der Waals surface area contributed by atoms with Gasteiger partial charge in [-0.05, 0) is 65.2 Å². The van der Waals surface area contributed by atoms with Gasteiger partial charge in [-0.25, -0.2) is 0 Å². The first kappa shape index (κ1) is 18.5. The predicted molar refractivity (Wildman–Crippen MR) is 94.9 cm³/mol. The van der Waals surface area contributed by atoms with Crippen LogP contribution in [0.25, 0.3) is 0 Å². The van der Waals surface area contributed by atoms with Crippen LogP contribution in [-0.4, -0.2) is 13.2 Å². The lowest BCUT2D eigenvalue weighted by molar-refractivity contribution is 0.335. The third kappa shape index (κ3) is 6.39. The molecule has 2 nitrogen and oxygen atoms in total. The van der Waals surface area contributed by atoms with Gasteiger partial charge in [0, 0.05) is 12.1 Å². The molecule has 1 unspecified atom stereocenters. The molecule has 0 saturated heterocycles. The van der Waals surface area contributed by atoms with E-state index in [1.54, 1.807) is 7.11 Å². The van der Waals surface area contributed by atoms with E-state index in [1.165, 1.54) is 18.4 Å². The Morgan fingerprint density at radius 2 is 1.62 bits per heavy atom. The SMILES string of the molecule is COc1ccc(C(C)NC(CC(C)C)CC(C)C)cc1Br. The van der Waals surface area contributed by atoms with Crippen molar-refractivity contribution < 1.29 is 4.74 Å². The van der Waals surface area contributed by atoms with Crippen molar-refractivity contribution >= 4 is 15.9 Å². The fraction of sp³-hybridized carbons (Fsp3) is 0.667. The predicted octanol–water partition coefficient (Wildman–Crippen LogP) is 5.57. The molecule has 120 valence electrons. The minimum absolute atomic E-state index is 0.342. The van der Waals surface area contributed by atoms with Crippen molar-refractivity contribution in [3.05, 3.63) is 28.2 Å². The third-order valence-corrected chi connectivity index (χ3v) is 4.29. The Morgan fingerprint density at radius 3 is 2.05 bits per heavy atom. The molecule has 3 heteroatoms. The summed E-state index contributed by atoms with van der Waals surface area (Å²) < 4.78 is 6.31. The molecule has 0 aliphatic rings. The van der Waals surface area contributed by atoms with Crippen molar-refractivity contribution in [1.29, 1.82) is 0 Å². The van der Waals surface area contributed by atoms with Crippen molar-refractivity contribution in [1.82, 2.24) is 5.32 Å². The van der Waals surface area contributed by atoms with Gasteiger partial charge in [0.25, 0.3) is 0 Å². The fourth-order valence-electron chi connectivity index (χ4n) is 2.77. The molecular formula is C18H30BrNO. The van der Waals surface area contributed by atoms with Crippen LogP contribution in [0.1, 0.15) is 59.1 Å². The van der Waals surface area contributed by atoms with Crippen LogP contribution < -0.4 is 10.1 Å². The van der Waals surface area contributed by atoms with Crippen molar-refractivity contribution in [2.75, 3.05) is 7.11 Å². The van der Waals surface area contributed by atoms with E-state index in [2.05, 4.69) is 68.0 Å². The molecule has 21 heavy (non-hydrogen) atoms. The van der Waals surface area contributed by atoms with Crippen LogP contribution in [0.5, 0.6) is 5.75 Å². The second-order valence-electron chi connectivity index (χ2n) is 6.74. The minimum atomic E-state index is 0.342. The standard InChI is InChI=1S/C18H30BrNO/c1-12(2)9-16(10-13(3)4)20-14(5)15-7-8-18(21-6)17(19)11-15/h7-8,11-14,16,20H,9-10H2,1-6H3. The molecule has 0 fully saturated rings. The summed E-state index contributed by atoms with van der Waals surface area (Å²) in [5.74, 6) is 2.32. The van der Waals surface area contributed by atoms with Gasteiger partial charge in [-0.1, -0.05) is 33.8 Å². The van der Waals surface area contributed by atoms with Gasteiger partial charge in [-0.3, -0.25) is 0 Å². The molecule has 1 aromatic rings. The lowest BCUT2D eigenvalue weighted by Crippen LogP contribution is -2.34. The van der Waals surface area contributed by atoms with E-state index in [-0.39, 0.29) is 0 Å². The third-order valence-electron chi connectivity index (χ3n) is 3.67. The highest BCUT2D eigenvalue weighted by Crippen LogP contribution is 2.28. The van der Waals surface area contributed by atoms with Crippen LogP contribution >= 0.6 is 15.9 Å². The first-order valence-corrected chi connectivity index (χ1v) is 8.72. The second kappa shape index (κ2) is 8.79. The maximum absolute atomic E-state index is 5.30. The summed E-state index contributed by atoms with van der Waals surface area (Å²) in [6.07, 6.45) is 2.44. The lowest BCUT2D eigenvalue weighted by Gasteiger charge is -2.27. The number of rotatable bonds is 8. The van der Waals surface area contributed by atoms with E-state index in [4.69, 9.17) is 4.74 Å². The first-order valence-electron chi connectivity index (χ1n) is 7.93. The Labute approximate surface area is 138 Å². The largest absolute Gasteiger partial charge is 0.496 e. The fourth-order valence-corrected chi connectivity index (χ4v) is 3.33. The van der Waals surface area contributed by atoms with Gasteiger partial charge in [-0.15, -0.1) is 0 Å². The number of hydrogen-bond acceptors (Lipinski definition) is 2. The summed E-state index contributed by atoms with van der Waals surface area (Å²) in [5, 5.41) is 3.80. The van der Waals surface area contributed by atoms with Crippen LogP contribution in [0.2, 0.25) is 0 Å². The van der Waals surface area contributed by atoms with Crippen LogP contribution in [0.4, 0.5) is 0 Å². The minimum Gasteiger partial charge on any atom is -0.496 e. The van der Waals surface area contributed by atoms with Gasteiger partial charge in [0.15, 0.2) is 0 Å². The van der Waals surface area contributed by atoms with E-state index < -0.39 is 0 Å². The Bertz CT molecular complexity index is 421. The van der Waals surface area contributed by atoms with Crippen molar-refractivity contribution in [3.8, 4) is 5.75 Å². The highest BCUT2D eigenvalue weighted by atomic mass is 79.9. The van der Waals surface area contributed by atoms with Gasteiger partial charge in [0.2, 0.25) is 0 Å². The van der Waals surface area contributed by atoms with Crippen LogP contribution in [0.3, 0.4) is 0 Å². The number of nitrogens with one attached hydrogen (secondary N) is 1. The molecule has 1 rings (SSSR count). The molecule has 0 aliphatic heterocycles. The molecule has 1 atom stereocenters. The Hall–Kier alpha value is -0.540. The first-order chi connectivity index (χ1) is 9.83. The zero-order valence-corrected chi connectivity index (χ0v) is 15.8. The maximum Gasteiger partial charge on any atom is 0.133 e. The molecule has 1 aromatic carbocycles. The Kier molecular flexibility index (Phi) is 7.75. The van der Waals surface area contributed by atoms with E-state index in [1.807, 2.05) is 6.07 Å². The van der Waals surface area contributed by atoms with Crippen LogP contribution in [-0.2, 0) is 0 Å². The monoisotopic (exact) mass is 355 g/mol. The summed E-state index contributed by atoms with van der Waals surface area (Å²) in [5.41, 5.74) is 1.29. The number of ether oxygens (including phenoxy) is 1. The molecule has 0 saturated carbocycles. The number of benzene rings is 1. The van der Waals surface area contributed by atoms with Gasteiger partial charge in [0.1, 0.15) is 5.75 Å². The van der Waals surface area contributed by atoms with Gasteiger partial charge in [-0.2, -0.15) is 0 Å². The highest BCUT2D eigenvalue weighted by Gasteiger charge is 2.17. The Balaban J connectivity index is 2.75. The van der Waals surface area contributed by atoms with Crippen molar-refractivity contribution in [3.63, 3.8) is 0 Å². The van der Waals surface area contributed by atoms with E-state index in [9.17, 15) is 0 Å². The average Bonchev–Trinajstić information content (AvgIpc) is 2.36. The number of halogens is 1. The number of hydrogen-bond donors (Lipinski definition) is 1. The van der Waals surface area contributed by atoms with Crippen molar-refractivity contribution in [2.45, 2.75) is 59.5 Å². The molecule has 0 radical (unpaired) electrons. The highest BCUT2D eigenvalue weighted by molar-refractivity contribution is 9.10. The second-order valence-corrected chi connectivity index (χ2v) is 7.59. The van der Waals surface area contributed by atoms with Crippen LogP contribution in [0.15, 0.2) is 22.7 Å². The smallest absolute Gasteiger partial charge is 0.133 e. The molecular weight excluding hydrogens is 326 g/mol. The normalized spacial score (nSPS) is 13.2. The molecule has 0 spiro atoms. The molecule has 0 aromatic heterocycles. The summed E-state index contributed by atoms with van der Waals surface area (Å²) >= 11 is 3.57. The van der Waals surface area contributed by atoms with Gasteiger partial charge in [0.05, 0.1) is 11.6 Å². The van der Waals surface area contributed by atoms with E-state index >= 15 is 0 Å². The van der Waals surface area contributed by atoms with E-state index in [0.29, 0.717) is 12.1 Å². The summed E-state index contributed by atoms with van der Waals surface area (Å²) in [6.45, 7) is 11.4. The molecule has 1 N–H and O–H groups in total. The quantitative estimate of drug-likeness (QED) is 0.658. The molecule has 0 heterocycles. The molecule has 0 aliphatic carbocycles. The number of methoxy groups -OCH3 is 1. The zero-order chi connectivity index (χ0) is 16.0. The van der Waals surface area contributed by atoms with Gasteiger partial charge >= 0.3 is 0 Å².